The van der Waals surface area contributed by atoms with E-state index in [1.807, 2.05) is 35.9 Å². The molecule has 5 nitrogen and oxygen atoms in total. The van der Waals surface area contributed by atoms with Gasteiger partial charge in [-0.2, -0.15) is 13.2 Å². The molecule has 8 heteroatoms. The minimum Gasteiger partial charge on any atom is -0.331 e. The highest BCUT2D eigenvalue weighted by Gasteiger charge is 2.33. The number of carbonyl (C=O) groups is 1. The van der Waals surface area contributed by atoms with Crippen LogP contribution in [-0.4, -0.2) is 46.2 Å². The smallest absolute Gasteiger partial charge is 0.331 e. The van der Waals surface area contributed by atoms with Gasteiger partial charge in [-0.3, -0.25) is 4.79 Å². The molecule has 1 N–H and O–H groups in total. The summed E-state index contributed by atoms with van der Waals surface area (Å²) in [6, 6.07) is 7.50. The normalized spacial score (nSPS) is 18.5. The predicted octanol–water partition coefficient (Wildman–Crippen LogP) is 2.39. The van der Waals surface area contributed by atoms with Crippen molar-refractivity contribution in [2.24, 2.45) is 7.05 Å². The second-order valence-corrected chi connectivity index (χ2v) is 5.98. The second kappa shape index (κ2) is 6.43. The molecule has 1 atom stereocenters. The fourth-order valence-corrected chi connectivity index (χ4v) is 3.21. The lowest BCUT2D eigenvalue weighted by molar-refractivity contribution is -0.135. The fourth-order valence-electron chi connectivity index (χ4n) is 3.21. The molecule has 1 aromatic heterocycles. The summed E-state index contributed by atoms with van der Waals surface area (Å²) in [4.78, 5) is 18.5. The maximum absolute atomic E-state index is 12.3. The van der Waals surface area contributed by atoms with Crippen molar-refractivity contribution in [3.8, 4) is 0 Å². The summed E-state index contributed by atoms with van der Waals surface area (Å²) in [5, 5.41) is 2.17. The second-order valence-electron chi connectivity index (χ2n) is 5.98. The van der Waals surface area contributed by atoms with Crippen molar-refractivity contribution < 1.29 is 18.0 Å². The van der Waals surface area contributed by atoms with Crippen LogP contribution in [0.4, 0.5) is 13.2 Å². The summed E-state index contributed by atoms with van der Waals surface area (Å²) in [7, 11) is 1.90. The number of aromatic nitrogens is 2. The molecule has 1 aromatic carbocycles. The van der Waals surface area contributed by atoms with E-state index in [0.717, 1.165) is 29.7 Å². The highest BCUT2D eigenvalue weighted by atomic mass is 19.4. The molecular weight excluding hydrogens is 321 g/mol. The highest BCUT2D eigenvalue weighted by molar-refractivity contribution is 5.80. The molecule has 3 rings (SSSR count). The molecule has 0 saturated carbocycles. The Morgan fingerprint density at radius 2 is 2.12 bits per heavy atom. The van der Waals surface area contributed by atoms with E-state index in [4.69, 9.17) is 0 Å². The number of fused-ring (bicyclic) bond motifs is 1. The average Bonchev–Trinajstić information content (AvgIpc) is 3.11. The Labute approximate surface area is 137 Å². The van der Waals surface area contributed by atoms with E-state index in [0.29, 0.717) is 6.54 Å². The Bertz CT molecular complexity index is 740. The molecule has 0 radical (unpaired) electrons. The van der Waals surface area contributed by atoms with Gasteiger partial charge in [0.15, 0.2) is 0 Å². The van der Waals surface area contributed by atoms with Gasteiger partial charge >= 0.3 is 6.18 Å². The van der Waals surface area contributed by atoms with Gasteiger partial charge in [-0.25, -0.2) is 4.98 Å². The molecule has 1 unspecified atom stereocenters. The number of amides is 1. The molecule has 1 amide bonds. The summed E-state index contributed by atoms with van der Waals surface area (Å²) in [6.07, 6.45) is -2.73. The van der Waals surface area contributed by atoms with E-state index < -0.39 is 12.7 Å². The number of hydrogen-bond acceptors (Lipinski definition) is 3. The SMILES string of the molecule is Cn1c(C2CCCN2C(=O)CNCC(F)(F)F)nc2ccccc21. The average molecular weight is 340 g/mol. The first-order valence-electron chi connectivity index (χ1n) is 7.85. The summed E-state index contributed by atoms with van der Waals surface area (Å²) in [6.45, 7) is -0.941. The van der Waals surface area contributed by atoms with Gasteiger partial charge in [-0.15, -0.1) is 0 Å². The molecule has 2 aromatic rings. The van der Waals surface area contributed by atoms with Crippen molar-refractivity contribution in [2.75, 3.05) is 19.6 Å². The van der Waals surface area contributed by atoms with Gasteiger partial charge in [0.05, 0.1) is 30.2 Å². The van der Waals surface area contributed by atoms with Crippen LogP contribution in [0.2, 0.25) is 0 Å². The first-order valence-corrected chi connectivity index (χ1v) is 7.85. The number of hydrogen-bond donors (Lipinski definition) is 1. The first kappa shape index (κ1) is 16.8. The third-order valence-electron chi connectivity index (χ3n) is 4.29. The number of benzene rings is 1. The van der Waals surface area contributed by atoms with E-state index >= 15 is 0 Å². The first-order chi connectivity index (χ1) is 11.4. The van der Waals surface area contributed by atoms with Crippen LogP contribution in [0.3, 0.4) is 0 Å². The molecule has 0 spiro atoms. The zero-order valence-electron chi connectivity index (χ0n) is 13.3. The number of carbonyl (C=O) groups excluding carboxylic acids is 1. The summed E-state index contributed by atoms with van der Waals surface area (Å²) in [5.41, 5.74) is 1.83. The number of nitrogens with one attached hydrogen (secondary N) is 1. The summed E-state index contributed by atoms with van der Waals surface area (Å²) >= 11 is 0. The largest absolute Gasteiger partial charge is 0.401 e. The van der Waals surface area contributed by atoms with Gasteiger partial charge in [0.2, 0.25) is 5.91 Å². The Hall–Kier alpha value is -2.09. The van der Waals surface area contributed by atoms with E-state index in [-0.39, 0.29) is 18.5 Å². The third kappa shape index (κ3) is 3.38. The zero-order chi connectivity index (χ0) is 17.3. The van der Waals surface area contributed by atoms with Crippen LogP contribution in [0.25, 0.3) is 11.0 Å². The Kier molecular flexibility index (Phi) is 4.49. The van der Waals surface area contributed by atoms with Crippen molar-refractivity contribution in [2.45, 2.75) is 25.1 Å². The number of halogens is 3. The molecule has 1 aliphatic rings. The van der Waals surface area contributed by atoms with Crippen molar-refractivity contribution in [3.05, 3.63) is 30.1 Å². The van der Waals surface area contributed by atoms with Crippen LogP contribution in [0.1, 0.15) is 24.7 Å². The Morgan fingerprint density at radius 1 is 1.38 bits per heavy atom. The van der Waals surface area contributed by atoms with Crippen molar-refractivity contribution >= 4 is 16.9 Å². The topological polar surface area (TPSA) is 50.2 Å². The number of alkyl halides is 3. The third-order valence-corrected chi connectivity index (χ3v) is 4.29. The molecule has 2 heterocycles. The standard InChI is InChI=1S/C16H19F3N4O/c1-22-12-6-3-2-5-11(12)21-15(22)13-7-4-8-23(13)14(24)9-20-10-16(17,18)19/h2-3,5-6,13,20H,4,7-10H2,1H3. The molecule has 1 aliphatic heterocycles. The Balaban J connectivity index is 1.75. The monoisotopic (exact) mass is 340 g/mol. The molecule has 1 saturated heterocycles. The number of aryl methyl sites for hydroxylation is 1. The highest BCUT2D eigenvalue weighted by Crippen LogP contribution is 2.32. The van der Waals surface area contributed by atoms with Gasteiger partial charge in [0.1, 0.15) is 5.82 Å². The van der Waals surface area contributed by atoms with Crippen molar-refractivity contribution in [3.63, 3.8) is 0 Å². The van der Waals surface area contributed by atoms with Gasteiger partial charge in [0, 0.05) is 13.6 Å². The Morgan fingerprint density at radius 3 is 2.83 bits per heavy atom. The molecule has 0 bridgehead atoms. The summed E-state index contributed by atoms with van der Waals surface area (Å²) < 4.78 is 38.5. The lowest BCUT2D eigenvalue weighted by Crippen LogP contribution is -2.41. The number of para-hydroxylation sites is 2. The van der Waals surface area contributed by atoms with E-state index in [2.05, 4.69) is 10.3 Å². The molecule has 0 aliphatic carbocycles. The number of rotatable bonds is 4. The number of likely N-dealkylation sites (tertiary alicyclic amines) is 1. The van der Waals surface area contributed by atoms with Crippen LogP contribution >= 0.6 is 0 Å². The molecule has 130 valence electrons. The minimum atomic E-state index is -4.32. The molecule has 1 fully saturated rings. The maximum Gasteiger partial charge on any atom is 0.401 e. The van der Waals surface area contributed by atoms with Crippen LogP contribution in [0.5, 0.6) is 0 Å². The van der Waals surface area contributed by atoms with Crippen molar-refractivity contribution in [1.29, 1.82) is 0 Å². The van der Waals surface area contributed by atoms with Crippen LogP contribution in [-0.2, 0) is 11.8 Å². The number of nitrogens with zero attached hydrogens (tertiary/aromatic N) is 3. The zero-order valence-corrected chi connectivity index (χ0v) is 13.3. The quantitative estimate of drug-likeness (QED) is 0.930. The van der Waals surface area contributed by atoms with E-state index in [1.165, 1.54) is 0 Å². The van der Waals surface area contributed by atoms with Gasteiger partial charge < -0.3 is 14.8 Å². The molecule has 24 heavy (non-hydrogen) atoms. The fraction of sp³-hybridized carbons (Fsp3) is 0.500. The van der Waals surface area contributed by atoms with Crippen LogP contribution in [0, 0.1) is 0 Å². The lowest BCUT2D eigenvalue weighted by atomic mass is 10.2. The van der Waals surface area contributed by atoms with Crippen LogP contribution < -0.4 is 5.32 Å². The minimum absolute atomic E-state index is 0.192. The van der Waals surface area contributed by atoms with E-state index in [9.17, 15) is 18.0 Å². The van der Waals surface area contributed by atoms with Gasteiger partial charge in [0.25, 0.3) is 0 Å². The van der Waals surface area contributed by atoms with E-state index in [1.54, 1.807) is 4.90 Å². The summed E-state index contributed by atoms with van der Waals surface area (Å²) in [5.74, 6) is 0.451. The van der Waals surface area contributed by atoms with Crippen LogP contribution in [0.15, 0.2) is 24.3 Å². The predicted molar refractivity (Wildman–Crippen MR) is 83.3 cm³/mol. The van der Waals surface area contributed by atoms with Gasteiger partial charge in [-0.05, 0) is 25.0 Å². The maximum atomic E-state index is 12.3. The lowest BCUT2D eigenvalue weighted by Gasteiger charge is -2.24. The number of imidazole rings is 1. The molecular formula is C16H19F3N4O. The van der Waals surface area contributed by atoms with Crippen molar-refractivity contribution in [1.82, 2.24) is 19.8 Å². The van der Waals surface area contributed by atoms with Gasteiger partial charge in [-0.1, -0.05) is 12.1 Å².